The molecule has 0 amide bonds. The zero-order valence-corrected chi connectivity index (χ0v) is 8.62. The van der Waals surface area contributed by atoms with Gasteiger partial charge in [0.2, 0.25) is 0 Å². The summed E-state index contributed by atoms with van der Waals surface area (Å²) in [7, 11) is 0. The molecule has 0 radical (unpaired) electrons. The molecule has 0 fully saturated rings. The molecule has 4 nitrogen and oxygen atoms in total. The number of hydrogen-bond donors (Lipinski definition) is 1. The van der Waals surface area contributed by atoms with Crippen molar-refractivity contribution in [2.45, 2.75) is 33.2 Å². The van der Waals surface area contributed by atoms with Crippen molar-refractivity contribution in [3.63, 3.8) is 0 Å². The highest BCUT2D eigenvalue weighted by atomic mass is 15.3. The van der Waals surface area contributed by atoms with Crippen molar-refractivity contribution in [1.82, 2.24) is 20.1 Å². The fourth-order valence-corrected chi connectivity index (χ4v) is 1.26. The van der Waals surface area contributed by atoms with E-state index in [1.54, 1.807) is 6.33 Å². The van der Waals surface area contributed by atoms with E-state index in [1.165, 1.54) is 0 Å². The number of rotatable bonds is 5. The SMILES string of the molecule is CCNCCc1ncnn1C(C)C. The summed E-state index contributed by atoms with van der Waals surface area (Å²) in [5.74, 6) is 1.07. The van der Waals surface area contributed by atoms with E-state index in [1.807, 2.05) is 4.68 Å². The molecule has 0 aliphatic heterocycles. The van der Waals surface area contributed by atoms with Gasteiger partial charge in [-0.3, -0.25) is 0 Å². The van der Waals surface area contributed by atoms with Gasteiger partial charge in [-0.05, 0) is 20.4 Å². The zero-order chi connectivity index (χ0) is 9.68. The second kappa shape index (κ2) is 4.97. The van der Waals surface area contributed by atoms with E-state index >= 15 is 0 Å². The third-order valence-corrected chi connectivity index (χ3v) is 1.91. The lowest BCUT2D eigenvalue weighted by molar-refractivity contribution is 0.500. The Morgan fingerprint density at radius 2 is 2.31 bits per heavy atom. The van der Waals surface area contributed by atoms with Crippen molar-refractivity contribution < 1.29 is 0 Å². The maximum atomic E-state index is 4.22. The highest BCUT2D eigenvalue weighted by Gasteiger charge is 2.05. The van der Waals surface area contributed by atoms with E-state index in [-0.39, 0.29) is 0 Å². The van der Waals surface area contributed by atoms with E-state index < -0.39 is 0 Å². The van der Waals surface area contributed by atoms with Crippen LogP contribution in [-0.2, 0) is 6.42 Å². The number of aromatic nitrogens is 3. The normalized spacial score (nSPS) is 11.1. The van der Waals surface area contributed by atoms with Gasteiger partial charge in [-0.15, -0.1) is 0 Å². The van der Waals surface area contributed by atoms with Gasteiger partial charge in [0.1, 0.15) is 12.2 Å². The average Bonchev–Trinajstić information content (AvgIpc) is 2.53. The number of nitrogens with zero attached hydrogens (tertiary/aromatic N) is 3. The number of likely N-dealkylation sites (N-methyl/N-ethyl adjacent to an activating group) is 1. The Hall–Kier alpha value is -0.900. The molecule has 1 rings (SSSR count). The lowest BCUT2D eigenvalue weighted by atomic mass is 10.3. The summed E-state index contributed by atoms with van der Waals surface area (Å²) in [6, 6.07) is 0.402. The van der Waals surface area contributed by atoms with Crippen molar-refractivity contribution >= 4 is 0 Å². The van der Waals surface area contributed by atoms with Crippen molar-refractivity contribution in [2.75, 3.05) is 13.1 Å². The van der Waals surface area contributed by atoms with Crippen LogP contribution in [0.2, 0.25) is 0 Å². The van der Waals surface area contributed by atoms with Crippen LogP contribution in [0.5, 0.6) is 0 Å². The van der Waals surface area contributed by atoms with Gasteiger partial charge >= 0.3 is 0 Å². The Bertz CT molecular complexity index is 242. The molecule has 0 saturated heterocycles. The molecule has 1 aromatic rings. The Morgan fingerprint density at radius 1 is 1.54 bits per heavy atom. The van der Waals surface area contributed by atoms with Crippen LogP contribution >= 0.6 is 0 Å². The van der Waals surface area contributed by atoms with Crippen LogP contribution in [0.4, 0.5) is 0 Å². The van der Waals surface area contributed by atoms with Crippen molar-refractivity contribution in [2.24, 2.45) is 0 Å². The second-order valence-corrected chi connectivity index (χ2v) is 3.32. The molecule has 1 aromatic heterocycles. The molecule has 0 aliphatic carbocycles. The van der Waals surface area contributed by atoms with Gasteiger partial charge < -0.3 is 5.32 Å². The predicted octanol–water partition coefficient (Wildman–Crippen LogP) is 1.01. The van der Waals surface area contributed by atoms with Gasteiger partial charge in [0.15, 0.2) is 0 Å². The van der Waals surface area contributed by atoms with Crippen LogP contribution in [0.25, 0.3) is 0 Å². The van der Waals surface area contributed by atoms with Crippen molar-refractivity contribution in [1.29, 1.82) is 0 Å². The topological polar surface area (TPSA) is 42.7 Å². The molecule has 4 heteroatoms. The summed E-state index contributed by atoms with van der Waals surface area (Å²) in [5, 5.41) is 7.44. The standard InChI is InChI=1S/C9H18N4/c1-4-10-6-5-9-11-7-12-13(9)8(2)3/h7-8,10H,4-6H2,1-3H3. The van der Waals surface area contributed by atoms with Gasteiger partial charge in [0.25, 0.3) is 0 Å². The van der Waals surface area contributed by atoms with Crippen LogP contribution in [0.3, 0.4) is 0 Å². The van der Waals surface area contributed by atoms with Crippen LogP contribution in [0.1, 0.15) is 32.6 Å². The maximum Gasteiger partial charge on any atom is 0.138 e. The highest BCUT2D eigenvalue weighted by molar-refractivity contribution is 4.87. The van der Waals surface area contributed by atoms with Crippen molar-refractivity contribution in [3.05, 3.63) is 12.2 Å². The van der Waals surface area contributed by atoms with E-state index in [0.717, 1.165) is 25.3 Å². The first-order valence-corrected chi connectivity index (χ1v) is 4.84. The fourth-order valence-electron chi connectivity index (χ4n) is 1.26. The van der Waals surface area contributed by atoms with Crippen LogP contribution in [0.15, 0.2) is 6.33 Å². The maximum absolute atomic E-state index is 4.22. The van der Waals surface area contributed by atoms with Gasteiger partial charge in [-0.25, -0.2) is 9.67 Å². The van der Waals surface area contributed by atoms with Crippen LogP contribution in [0, 0.1) is 0 Å². The third kappa shape index (κ3) is 2.81. The Morgan fingerprint density at radius 3 is 2.92 bits per heavy atom. The van der Waals surface area contributed by atoms with E-state index in [2.05, 4.69) is 36.2 Å². The lowest BCUT2D eigenvalue weighted by Crippen LogP contribution is -2.19. The quantitative estimate of drug-likeness (QED) is 0.691. The number of hydrogen-bond acceptors (Lipinski definition) is 3. The van der Waals surface area contributed by atoms with Crippen molar-refractivity contribution in [3.8, 4) is 0 Å². The van der Waals surface area contributed by atoms with Gasteiger partial charge in [-0.1, -0.05) is 6.92 Å². The van der Waals surface area contributed by atoms with E-state index in [9.17, 15) is 0 Å². The minimum Gasteiger partial charge on any atom is -0.317 e. The molecular weight excluding hydrogens is 164 g/mol. The summed E-state index contributed by atoms with van der Waals surface area (Å²) in [6.45, 7) is 8.32. The minimum absolute atomic E-state index is 0.402. The first-order valence-electron chi connectivity index (χ1n) is 4.84. The Balaban J connectivity index is 2.50. The fraction of sp³-hybridized carbons (Fsp3) is 0.778. The summed E-state index contributed by atoms with van der Waals surface area (Å²) in [4.78, 5) is 4.22. The molecule has 0 spiro atoms. The van der Waals surface area contributed by atoms with Gasteiger partial charge in [-0.2, -0.15) is 5.10 Å². The molecular formula is C9H18N4. The lowest BCUT2D eigenvalue weighted by Gasteiger charge is -2.08. The molecule has 13 heavy (non-hydrogen) atoms. The van der Waals surface area contributed by atoms with Gasteiger partial charge in [0, 0.05) is 19.0 Å². The summed E-state index contributed by atoms with van der Waals surface area (Å²) in [5.41, 5.74) is 0. The average molecular weight is 182 g/mol. The van der Waals surface area contributed by atoms with E-state index in [0.29, 0.717) is 6.04 Å². The molecule has 74 valence electrons. The summed E-state index contributed by atoms with van der Waals surface area (Å²) < 4.78 is 1.97. The Labute approximate surface area is 79.4 Å². The van der Waals surface area contributed by atoms with Gasteiger partial charge in [0.05, 0.1) is 0 Å². The third-order valence-electron chi connectivity index (χ3n) is 1.91. The molecule has 0 aromatic carbocycles. The molecule has 0 aliphatic rings. The predicted molar refractivity (Wildman–Crippen MR) is 52.7 cm³/mol. The first kappa shape index (κ1) is 10.2. The first-order chi connectivity index (χ1) is 6.25. The highest BCUT2D eigenvalue weighted by Crippen LogP contribution is 2.04. The molecule has 1 N–H and O–H groups in total. The minimum atomic E-state index is 0.402. The van der Waals surface area contributed by atoms with E-state index in [4.69, 9.17) is 0 Å². The molecule has 1 heterocycles. The van der Waals surface area contributed by atoms with Crippen LogP contribution < -0.4 is 5.32 Å². The summed E-state index contributed by atoms with van der Waals surface area (Å²) in [6.07, 6.45) is 2.58. The summed E-state index contributed by atoms with van der Waals surface area (Å²) >= 11 is 0. The molecule has 0 atom stereocenters. The molecule has 0 bridgehead atoms. The Kier molecular flexibility index (Phi) is 3.89. The molecule has 0 saturated carbocycles. The smallest absolute Gasteiger partial charge is 0.138 e. The largest absolute Gasteiger partial charge is 0.317 e. The van der Waals surface area contributed by atoms with Crippen LogP contribution in [-0.4, -0.2) is 27.9 Å². The number of nitrogens with one attached hydrogen (secondary N) is 1. The zero-order valence-electron chi connectivity index (χ0n) is 8.62. The molecule has 0 unspecified atom stereocenters. The monoisotopic (exact) mass is 182 g/mol. The second-order valence-electron chi connectivity index (χ2n) is 3.32.